The van der Waals surface area contributed by atoms with Crippen LogP contribution in [0.2, 0.25) is 0 Å². The molecule has 3 heteroatoms. The van der Waals surface area contributed by atoms with Crippen LogP contribution in [0.25, 0.3) is 0 Å². The molecule has 0 unspecified atom stereocenters. The first-order valence-electron chi connectivity index (χ1n) is 5.52. The summed E-state index contributed by atoms with van der Waals surface area (Å²) in [5.74, 6) is 0.272. The van der Waals surface area contributed by atoms with E-state index in [1.165, 1.54) is 19.3 Å². The van der Waals surface area contributed by atoms with Crippen LogP contribution in [-0.4, -0.2) is 26.0 Å². The second-order valence-corrected chi connectivity index (χ2v) is 4.76. The minimum absolute atomic E-state index is 0.0988. The van der Waals surface area contributed by atoms with Crippen LogP contribution in [0.15, 0.2) is 0 Å². The third-order valence-corrected chi connectivity index (χ3v) is 3.13. The molecule has 0 aliphatic heterocycles. The average Bonchev–Trinajstić information content (AvgIpc) is 2.08. The topological polar surface area (TPSA) is 41.1 Å². The van der Waals surface area contributed by atoms with Crippen LogP contribution in [0.5, 0.6) is 0 Å². The Morgan fingerprint density at radius 1 is 1.36 bits per heavy atom. The van der Waals surface area contributed by atoms with Crippen molar-refractivity contribution >= 4 is 5.91 Å². The molecule has 2 N–H and O–H groups in total. The van der Waals surface area contributed by atoms with E-state index in [-0.39, 0.29) is 11.8 Å². The Morgan fingerprint density at radius 2 is 2.00 bits per heavy atom. The van der Waals surface area contributed by atoms with E-state index in [1.54, 1.807) is 0 Å². The van der Waals surface area contributed by atoms with Crippen molar-refractivity contribution in [3.63, 3.8) is 0 Å². The smallest absolute Gasteiger partial charge is 0.222 e. The van der Waals surface area contributed by atoms with Gasteiger partial charge in [-0.3, -0.25) is 4.79 Å². The van der Waals surface area contributed by atoms with Gasteiger partial charge in [0.2, 0.25) is 5.91 Å². The molecule has 0 saturated heterocycles. The highest BCUT2D eigenvalue weighted by Crippen LogP contribution is 2.39. The van der Waals surface area contributed by atoms with Gasteiger partial charge in [-0.05, 0) is 19.9 Å². The van der Waals surface area contributed by atoms with Crippen molar-refractivity contribution in [2.75, 3.05) is 20.1 Å². The van der Waals surface area contributed by atoms with Crippen molar-refractivity contribution in [1.82, 2.24) is 10.6 Å². The normalized spacial score (nSPS) is 19.1. The molecule has 1 amide bonds. The molecule has 1 fully saturated rings. The maximum atomic E-state index is 11.4. The van der Waals surface area contributed by atoms with Gasteiger partial charge in [0.05, 0.1) is 0 Å². The molecule has 1 rings (SSSR count). The number of hydrogen-bond acceptors (Lipinski definition) is 2. The fourth-order valence-electron chi connectivity index (χ4n) is 1.95. The highest BCUT2D eigenvalue weighted by molar-refractivity contribution is 5.77. The first kappa shape index (κ1) is 11.5. The van der Waals surface area contributed by atoms with Crippen LogP contribution in [-0.2, 0) is 4.79 Å². The lowest BCUT2D eigenvalue weighted by atomic mass is 9.68. The Bertz CT molecular complexity index is 197. The molecule has 0 aromatic heterocycles. The first-order chi connectivity index (χ1) is 6.59. The molecule has 0 aromatic carbocycles. The van der Waals surface area contributed by atoms with Crippen LogP contribution in [0, 0.1) is 11.3 Å². The monoisotopic (exact) mass is 198 g/mol. The lowest BCUT2D eigenvalue weighted by molar-refractivity contribution is -0.124. The molecule has 0 heterocycles. The van der Waals surface area contributed by atoms with Crippen molar-refractivity contribution in [1.29, 1.82) is 0 Å². The molecule has 0 atom stereocenters. The first-order valence-corrected chi connectivity index (χ1v) is 5.52. The summed E-state index contributed by atoms with van der Waals surface area (Å²) in [4.78, 5) is 11.4. The zero-order valence-electron chi connectivity index (χ0n) is 9.52. The largest absolute Gasteiger partial charge is 0.355 e. The highest BCUT2D eigenvalue weighted by atomic mass is 16.1. The van der Waals surface area contributed by atoms with Crippen LogP contribution in [0.3, 0.4) is 0 Å². The van der Waals surface area contributed by atoms with Gasteiger partial charge in [-0.25, -0.2) is 0 Å². The molecule has 0 bridgehead atoms. The van der Waals surface area contributed by atoms with Crippen LogP contribution < -0.4 is 10.6 Å². The summed E-state index contributed by atoms with van der Waals surface area (Å²) in [5.41, 5.74) is 0.347. The number of nitrogens with one attached hydrogen (secondary N) is 2. The van der Waals surface area contributed by atoms with Gasteiger partial charge in [-0.15, -0.1) is 0 Å². The molecule has 3 nitrogen and oxygen atoms in total. The predicted molar refractivity (Wildman–Crippen MR) is 58.1 cm³/mol. The van der Waals surface area contributed by atoms with E-state index in [2.05, 4.69) is 10.6 Å². The van der Waals surface area contributed by atoms with Gasteiger partial charge >= 0.3 is 0 Å². The van der Waals surface area contributed by atoms with Crippen LogP contribution >= 0.6 is 0 Å². The van der Waals surface area contributed by atoms with Crippen LogP contribution in [0.4, 0.5) is 0 Å². The lowest BCUT2D eigenvalue weighted by Gasteiger charge is -2.42. The van der Waals surface area contributed by atoms with Gasteiger partial charge in [-0.2, -0.15) is 0 Å². The Hall–Kier alpha value is -0.570. The third kappa shape index (κ3) is 2.71. The molecular formula is C11H22N2O. The molecule has 14 heavy (non-hydrogen) atoms. The maximum absolute atomic E-state index is 11.4. The van der Waals surface area contributed by atoms with Crippen LogP contribution in [0.1, 0.15) is 33.1 Å². The van der Waals surface area contributed by atoms with E-state index >= 15 is 0 Å². The summed E-state index contributed by atoms with van der Waals surface area (Å²) in [6.07, 6.45) is 3.79. The van der Waals surface area contributed by atoms with E-state index in [4.69, 9.17) is 0 Å². The van der Waals surface area contributed by atoms with Gasteiger partial charge in [-0.1, -0.05) is 20.3 Å². The number of carbonyl (C=O) groups is 1. The fourth-order valence-corrected chi connectivity index (χ4v) is 1.95. The summed E-state index contributed by atoms with van der Waals surface area (Å²) >= 11 is 0. The summed E-state index contributed by atoms with van der Waals surface area (Å²) in [7, 11) is 1.98. The van der Waals surface area contributed by atoms with Crippen molar-refractivity contribution in [3.8, 4) is 0 Å². The highest BCUT2D eigenvalue weighted by Gasteiger charge is 2.36. The minimum Gasteiger partial charge on any atom is -0.355 e. The zero-order chi connectivity index (χ0) is 10.6. The number of amides is 1. The second-order valence-electron chi connectivity index (χ2n) is 4.76. The average molecular weight is 198 g/mol. The molecule has 1 saturated carbocycles. The maximum Gasteiger partial charge on any atom is 0.222 e. The third-order valence-electron chi connectivity index (χ3n) is 3.13. The molecule has 82 valence electrons. The molecule has 1 aliphatic rings. The number of carbonyl (C=O) groups excluding carboxylic acids is 1. The van der Waals surface area contributed by atoms with Gasteiger partial charge < -0.3 is 10.6 Å². The van der Waals surface area contributed by atoms with Crippen molar-refractivity contribution < 1.29 is 4.79 Å². The van der Waals surface area contributed by atoms with Gasteiger partial charge in [0, 0.05) is 24.4 Å². The summed E-state index contributed by atoms with van der Waals surface area (Å²) in [6, 6.07) is 0. The number of rotatable bonds is 5. The summed E-state index contributed by atoms with van der Waals surface area (Å²) in [6.45, 7) is 5.72. The lowest BCUT2D eigenvalue weighted by Crippen LogP contribution is -2.48. The Morgan fingerprint density at radius 3 is 2.36 bits per heavy atom. The van der Waals surface area contributed by atoms with E-state index in [0.29, 0.717) is 5.41 Å². The zero-order valence-corrected chi connectivity index (χ0v) is 9.52. The molecule has 1 aliphatic carbocycles. The second kappa shape index (κ2) is 4.78. The Labute approximate surface area is 86.6 Å². The Kier molecular flexibility index (Phi) is 3.93. The predicted octanol–water partition coefficient (Wildman–Crippen LogP) is 1.15. The van der Waals surface area contributed by atoms with Crippen molar-refractivity contribution in [3.05, 3.63) is 0 Å². The molecular weight excluding hydrogens is 176 g/mol. The molecule has 0 radical (unpaired) electrons. The van der Waals surface area contributed by atoms with E-state index in [9.17, 15) is 4.79 Å². The molecule has 0 spiro atoms. The summed E-state index contributed by atoms with van der Waals surface area (Å²) in [5, 5.41) is 6.24. The van der Waals surface area contributed by atoms with Crippen molar-refractivity contribution in [2.24, 2.45) is 11.3 Å². The van der Waals surface area contributed by atoms with E-state index in [0.717, 1.165) is 13.1 Å². The fraction of sp³-hybridized carbons (Fsp3) is 0.909. The SMILES string of the molecule is CNCC1(CNC(=O)C(C)C)CCC1. The van der Waals surface area contributed by atoms with E-state index in [1.807, 2.05) is 20.9 Å². The number of hydrogen-bond donors (Lipinski definition) is 2. The standard InChI is InChI=1S/C11H22N2O/c1-9(2)10(14)13-8-11(7-12-3)5-4-6-11/h9,12H,4-8H2,1-3H3,(H,13,14). The summed E-state index contributed by atoms with van der Waals surface area (Å²) < 4.78 is 0. The van der Waals surface area contributed by atoms with E-state index < -0.39 is 0 Å². The van der Waals surface area contributed by atoms with Gasteiger partial charge in [0.15, 0.2) is 0 Å². The van der Waals surface area contributed by atoms with Gasteiger partial charge in [0.1, 0.15) is 0 Å². The quantitative estimate of drug-likeness (QED) is 0.696. The van der Waals surface area contributed by atoms with Crippen molar-refractivity contribution in [2.45, 2.75) is 33.1 Å². The molecule has 0 aromatic rings. The minimum atomic E-state index is 0.0988. The van der Waals surface area contributed by atoms with Gasteiger partial charge in [0.25, 0.3) is 0 Å². The Balaban J connectivity index is 2.31.